The summed E-state index contributed by atoms with van der Waals surface area (Å²) in [5, 5.41) is 2.79. The zero-order valence-electron chi connectivity index (χ0n) is 12.3. The summed E-state index contributed by atoms with van der Waals surface area (Å²) in [6.45, 7) is 3.73. The van der Waals surface area contributed by atoms with Crippen molar-refractivity contribution in [2.75, 3.05) is 7.05 Å². The lowest BCUT2D eigenvalue weighted by molar-refractivity contribution is -0.148. The smallest absolute Gasteiger partial charge is 0.329 e. The maximum absolute atomic E-state index is 12.7. The molecule has 2 aromatic rings. The highest BCUT2D eigenvalue weighted by Gasteiger charge is 2.43. The number of carbonyl (C=O) groups excluding carboxylic acids is 2. The summed E-state index contributed by atoms with van der Waals surface area (Å²) in [6, 6.07) is 7.28. The number of nitrogens with zero attached hydrogens (tertiary/aromatic N) is 1. The molecule has 1 aromatic heterocycles. The second-order valence-corrected chi connectivity index (χ2v) is 6.87. The van der Waals surface area contributed by atoms with Crippen molar-refractivity contribution in [3.63, 3.8) is 0 Å². The van der Waals surface area contributed by atoms with Gasteiger partial charge < -0.3 is 9.64 Å². The molecule has 1 aliphatic heterocycles. The molecule has 0 aliphatic carbocycles. The number of esters is 1. The number of ether oxygens (including phenoxy) is 1. The van der Waals surface area contributed by atoms with Crippen molar-refractivity contribution in [2.24, 2.45) is 0 Å². The van der Waals surface area contributed by atoms with Gasteiger partial charge in [0.05, 0.1) is 5.56 Å². The molecular weight excluding hydrogens is 286 g/mol. The number of cyclic esters (lactones) is 1. The molecule has 1 amide bonds. The van der Waals surface area contributed by atoms with Gasteiger partial charge in [-0.25, -0.2) is 4.79 Å². The standard InChI is InChI=1S/C16H17NO3S/c1-16(2)8-12(15(19)20-16)17(3)14(18)11-9-21-13-7-5-4-6-10(11)13/h4-7,9,12H,8H2,1-3H3/t12-/m0/s1. The van der Waals surface area contributed by atoms with Gasteiger partial charge in [0.15, 0.2) is 0 Å². The third kappa shape index (κ3) is 2.42. The fraction of sp³-hybridized carbons (Fsp3) is 0.375. The van der Waals surface area contributed by atoms with Crippen LogP contribution in [0.3, 0.4) is 0 Å². The molecule has 1 fully saturated rings. The quantitative estimate of drug-likeness (QED) is 0.801. The fourth-order valence-electron chi connectivity index (χ4n) is 2.70. The van der Waals surface area contributed by atoms with Gasteiger partial charge in [-0.05, 0) is 19.9 Å². The van der Waals surface area contributed by atoms with Gasteiger partial charge in [0, 0.05) is 28.9 Å². The lowest BCUT2D eigenvalue weighted by Crippen LogP contribution is -2.40. The van der Waals surface area contributed by atoms with Crippen LogP contribution in [-0.4, -0.2) is 35.5 Å². The van der Waals surface area contributed by atoms with Crippen LogP contribution in [0.2, 0.25) is 0 Å². The number of carbonyl (C=O) groups is 2. The zero-order valence-corrected chi connectivity index (χ0v) is 13.1. The van der Waals surface area contributed by atoms with Crippen molar-refractivity contribution >= 4 is 33.3 Å². The van der Waals surface area contributed by atoms with Crippen LogP contribution >= 0.6 is 11.3 Å². The Balaban J connectivity index is 1.90. The summed E-state index contributed by atoms with van der Waals surface area (Å²) < 4.78 is 6.38. The van der Waals surface area contributed by atoms with E-state index < -0.39 is 11.6 Å². The van der Waals surface area contributed by atoms with Crippen molar-refractivity contribution in [3.05, 3.63) is 35.2 Å². The van der Waals surface area contributed by atoms with E-state index in [4.69, 9.17) is 4.74 Å². The van der Waals surface area contributed by atoms with Crippen LogP contribution < -0.4 is 0 Å². The number of hydrogen-bond donors (Lipinski definition) is 0. The number of likely N-dealkylation sites (N-methyl/N-ethyl adjacent to an activating group) is 1. The highest BCUT2D eigenvalue weighted by Crippen LogP contribution is 2.31. The van der Waals surface area contributed by atoms with E-state index in [-0.39, 0.29) is 11.9 Å². The van der Waals surface area contributed by atoms with Crippen LogP contribution in [0.4, 0.5) is 0 Å². The first-order chi connectivity index (χ1) is 9.89. The molecule has 4 nitrogen and oxygen atoms in total. The summed E-state index contributed by atoms with van der Waals surface area (Å²) in [5.41, 5.74) is 0.142. The minimum Gasteiger partial charge on any atom is -0.458 e. The second kappa shape index (κ2) is 4.84. The number of thiophene rings is 1. The molecule has 1 atom stereocenters. The van der Waals surface area contributed by atoms with Crippen LogP contribution in [0.1, 0.15) is 30.6 Å². The van der Waals surface area contributed by atoms with Crippen molar-refractivity contribution in [3.8, 4) is 0 Å². The van der Waals surface area contributed by atoms with Crippen LogP contribution in [0.15, 0.2) is 29.6 Å². The average Bonchev–Trinajstić information content (AvgIpc) is 2.97. The second-order valence-electron chi connectivity index (χ2n) is 5.96. The van der Waals surface area contributed by atoms with Gasteiger partial charge in [0.25, 0.3) is 5.91 Å². The molecular formula is C16H17NO3S. The Morgan fingerprint density at radius 1 is 1.38 bits per heavy atom. The van der Waals surface area contributed by atoms with Crippen molar-refractivity contribution < 1.29 is 14.3 Å². The minimum atomic E-state index is -0.508. The SMILES string of the molecule is CN(C(=O)c1csc2ccccc12)[C@H]1CC(C)(C)OC1=O. The van der Waals surface area contributed by atoms with Crippen LogP contribution in [-0.2, 0) is 9.53 Å². The maximum atomic E-state index is 12.7. The van der Waals surface area contributed by atoms with Gasteiger partial charge in [0.2, 0.25) is 0 Å². The van der Waals surface area contributed by atoms with Crippen LogP contribution in [0.25, 0.3) is 10.1 Å². The third-order valence-corrected chi connectivity index (χ3v) is 4.80. The fourth-order valence-corrected chi connectivity index (χ4v) is 3.64. The number of hydrogen-bond acceptors (Lipinski definition) is 4. The molecule has 0 saturated carbocycles. The molecule has 0 unspecified atom stereocenters. The summed E-state index contributed by atoms with van der Waals surface area (Å²) in [6.07, 6.45) is 0.524. The Bertz CT molecular complexity index is 719. The molecule has 2 heterocycles. The molecule has 1 aromatic carbocycles. The van der Waals surface area contributed by atoms with Crippen LogP contribution in [0.5, 0.6) is 0 Å². The van der Waals surface area contributed by atoms with E-state index in [9.17, 15) is 9.59 Å². The van der Waals surface area contributed by atoms with Gasteiger partial charge in [0.1, 0.15) is 11.6 Å². The number of rotatable bonds is 2. The van der Waals surface area contributed by atoms with E-state index in [1.54, 1.807) is 7.05 Å². The van der Waals surface area contributed by atoms with Crippen LogP contribution in [0, 0.1) is 0 Å². The van der Waals surface area contributed by atoms with Gasteiger partial charge >= 0.3 is 5.97 Å². The number of benzene rings is 1. The van der Waals surface area contributed by atoms with E-state index >= 15 is 0 Å². The molecule has 0 radical (unpaired) electrons. The molecule has 1 saturated heterocycles. The molecule has 3 rings (SSSR count). The molecule has 5 heteroatoms. The molecule has 0 bridgehead atoms. The average molecular weight is 303 g/mol. The summed E-state index contributed by atoms with van der Waals surface area (Å²) >= 11 is 1.54. The number of amides is 1. The number of fused-ring (bicyclic) bond motifs is 1. The predicted molar refractivity (Wildman–Crippen MR) is 82.5 cm³/mol. The molecule has 0 N–H and O–H groups in total. The Morgan fingerprint density at radius 3 is 2.76 bits per heavy atom. The van der Waals surface area contributed by atoms with E-state index in [2.05, 4.69) is 0 Å². The summed E-state index contributed by atoms with van der Waals surface area (Å²) in [7, 11) is 1.67. The van der Waals surface area contributed by atoms with Crippen molar-refractivity contribution in [1.82, 2.24) is 4.90 Å². The lowest BCUT2D eigenvalue weighted by atomic mass is 10.0. The first-order valence-corrected chi connectivity index (χ1v) is 7.73. The third-order valence-electron chi connectivity index (χ3n) is 3.83. The summed E-state index contributed by atoms with van der Waals surface area (Å²) in [4.78, 5) is 26.1. The first kappa shape index (κ1) is 14.1. The first-order valence-electron chi connectivity index (χ1n) is 6.85. The lowest BCUT2D eigenvalue weighted by Gasteiger charge is -2.22. The Kier molecular flexibility index (Phi) is 3.24. The van der Waals surface area contributed by atoms with E-state index in [0.717, 1.165) is 10.1 Å². The highest BCUT2D eigenvalue weighted by molar-refractivity contribution is 7.17. The highest BCUT2D eigenvalue weighted by atomic mass is 32.1. The van der Waals surface area contributed by atoms with E-state index in [1.165, 1.54) is 16.2 Å². The molecule has 110 valence electrons. The normalized spacial score (nSPS) is 20.5. The van der Waals surface area contributed by atoms with Gasteiger partial charge in [-0.2, -0.15) is 0 Å². The summed E-state index contributed by atoms with van der Waals surface area (Å²) in [5.74, 6) is -0.456. The maximum Gasteiger partial charge on any atom is 0.329 e. The Morgan fingerprint density at radius 2 is 2.10 bits per heavy atom. The Hall–Kier alpha value is -1.88. The van der Waals surface area contributed by atoms with Gasteiger partial charge in [-0.1, -0.05) is 18.2 Å². The van der Waals surface area contributed by atoms with E-state index in [1.807, 2.05) is 43.5 Å². The van der Waals surface area contributed by atoms with Gasteiger partial charge in [-0.3, -0.25) is 4.79 Å². The van der Waals surface area contributed by atoms with Crippen molar-refractivity contribution in [1.29, 1.82) is 0 Å². The van der Waals surface area contributed by atoms with Gasteiger partial charge in [-0.15, -0.1) is 11.3 Å². The zero-order chi connectivity index (χ0) is 15.2. The topological polar surface area (TPSA) is 46.6 Å². The minimum absolute atomic E-state index is 0.132. The monoisotopic (exact) mass is 303 g/mol. The molecule has 0 spiro atoms. The Labute approximate surface area is 127 Å². The largest absolute Gasteiger partial charge is 0.458 e. The molecule has 1 aliphatic rings. The molecule has 21 heavy (non-hydrogen) atoms. The van der Waals surface area contributed by atoms with Crippen molar-refractivity contribution in [2.45, 2.75) is 31.9 Å². The predicted octanol–water partition coefficient (Wildman–Crippen LogP) is 3.07. The van der Waals surface area contributed by atoms with E-state index in [0.29, 0.717) is 12.0 Å².